The molecule has 2 rings (SSSR count). The molecule has 20 heavy (non-hydrogen) atoms. The summed E-state index contributed by atoms with van der Waals surface area (Å²) in [6, 6.07) is 7.35. The van der Waals surface area contributed by atoms with Gasteiger partial charge in [0.25, 0.3) is 0 Å². The molecule has 0 unspecified atom stereocenters. The molecule has 0 aromatic heterocycles. The van der Waals surface area contributed by atoms with E-state index in [1.54, 1.807) is 12.1 Å². The van der Waals surface area contributed by atoms with Gasteiger partial charge in [-0.05, 0) is 51.6 Å². The number of anilines is 1. The summed E-state index contributed by atoms with van der Waals surface area (Å²) < 4.78 is 5.81. The summed E-state index contributed by atoms with van der Waals surface area (Å²) in [5, 5.41) is 9.32. The van der Waals surface area contributed by atoms with E-state index < -0.39 is 0 Å². The van der Waals surface area contributed by atoms with E-state index in [1.807, 2.05) is 32.9 Å². The highest BCUT2D eigenvalue weighted by molar-refractivity contribution is 5.49. The number of piperazine rings is 1. The summed E-state index contributed by atoms with van der Waals surface area (Å²) in [5.41, 5.74) is 0.940. The first-order valence-corrected chi connectivity index (χ1v) is 7.02. The van der Waals surface area contributed by atoms with Crippen LogP contribution in [0.15, 0.2) is 36.7 Å². The molecule has 1 fully saturated rings. The minimum atomic E-state index is -0.203. The fraction of sp³-hybridized carbons (Fsp3) is 0.500. The molecule has 0 saturated carbocycles. The number of ether oxygens (including phenoxy) is 1. The third-order valence-corrected chi connectivity index (χ3v) is 3.27. The van der Waals surface area contributed by atoms with Crippen molar-refractivity contribution in [1.29, 1.82) is 0 Å². The van der Waals surface area contributed by atoms with Crippen molar-refractivity contribution in [3.8, 4) is 5.75 Å². The van der Waals surface area contributed by atoms with Gasteiger partial charge in [-0.15, -0.1) is 0 Å². The van der Waals surface area contributed by atoms with Gasteiger partial charge < -0.3 is 19.6 Å². The first-order chi connectivity index (χ1) is 9.35. The van der Waals surface area contributed by atoms with E-state index in [1.165, 1.54) is 0 Å². The molecule has 1 aliphatic heterocycles. The Morgan fingerprint density at radius 2 is 1.65 bits per heavy atom. The number of hydrogen-bond acceptors (Lipinski definition) is 4. The lowest BCUT2D eigenvalue weighted by molar-refractivity contribution is 0.00167. The second-order valence-corrected chi connectivity index (χ2v) is 6.10. The zero-order valence-corrected chi connectivity index (χ0v) is 12.6. The summed E-state index contributed by atoms with van der Waals surface area (Å²) in [6.07, 6.45) is 0. The monoisotopic (exact) mass is 276 g/mol. The van der Waals surface area contributed by atoms with Gasteiger partial charge in [-0.1, -0.05) is 0 Å². The molecular formula is C16H24N2O2. The Kier molecular flexibility index (Phi) is 4.12. The quantitative estimate of drug-likeness (QED) is 0.861. The van der Waals surface area contributed by atoms with E-state index in [-0.39, 0.29) is 5.60 Å². The van der Waals surface area contributed by atoms with Gasteiger partial charge in [-0.25, -0.2) is 0 Å². The van der Waals surface area contributed by atoms with Gasteiger partial charge in [0.15, 0.2) is 5.88 Å². The highest BCUT2D eigenvalue weighted by atomic mass is 16.5. The molecule has 1 aliphatic rings. The number of phenols is 1. The van der Waals surface area contributed by atoms with Crippen molar-refractivity contribution in [1.82, 2.24) is 4.90 Å². The van der Waals surface area contributed by atoms with Crippen LogP contribution in [0.4, 0.5) is 5.69 Å². The van der Waals surface area contributed by atoms with Gasteiger partial charge in [-0.3, -0.25) is 0 Å². The first-order valence-electron chi connectivity index (χ1n) is 7.02. The van der Waals surface area contributed by atoms with Gasteiger partial charge in [0, 0.05) is 31.9 Å². The smallest absolute Gasteiger partial charge is 0.182 e. The molecule has 1 aromatic carbocycles. The van der Waals surface area contributed by atoms with Crippen LogP contribution in [0.25, 0.3) is 0 Å². The Morgan fingerprint density at radius 3 is 2.15 bits per heavy atom. The lowest BCUT2D eigenvalue weighted by Crippen LogP contribution is -2.46. The molecule has 1 heterocycles. The van der Waals surface area contributed by atoms with Crippen LogP contribution < -0.4 is 4.90 Å². The topological polar surface area (TPSA) is 35.9 Å². The van der Waals surface area contributed by atoms with Gasteiger partial charge in [-0.2, -0.15) is 0 Å². The normalized spacial score (nSPS) is 16.1. The maximum Gasteiger partial charge on any atom is 0.182 e. The average molecular weight is 276 g/mol. The molecule has 1 saturated heterocycles. The van der Waals surface area contributed by atoms with Crippen LogP contribution >= 0.6 is 0 Å². The Hall–Kier alpha value is -1.84. The zero-order chi connectivity index (χ0) is 14.8. The summed E-state index contributed by atoms with van der Waals surface area (Å²) >= 11 is 0. The Labute approximate surface area is 121 Å². The van der Waals surface area contributed by atoms with Crippen LogP contribution in [0.3, 0.4) is 0 Å². The van der Waals surface area contributed by atoms with Crippen molar-refractivity contribution in [2.24, 2.45) is 0 Å². The molecule has 0 amide bonds. The lowest BCUT2D eigenvalue weighted by Gasteiger charge is -2.39. The van der Waals surface area contributed by atoms with Crippen molar-refractivity contribution < 1.29 is 9.84 Å². The van der Waals surface area contributed by atoms with E-state index in [4.69, 9.17) is 4.74 Å². The lowest BCUT2D eigenvalue weighted by atomic mass is 10.2. The van der Waals surface area contributed by atoms with Crippen molar-refractivity contribution in [2.75, 3.05) is 31.1 Å². The van der Waals surface area contributed by atoms with E-state index >= 15 is 0 Å². The van der Waals surface area contributed by atoms with Crippen molar-refractivity contribution >= 4 is 5.69 Å². The fourth-order valence-electron chi connectivity index (χ4n) is 2.30. The SMILES string of the molecule is C=C(OC(C)(C)C)N1CCN(c2ccc(O)cc2)CC1. The highest BCUT2D eigenvalue weighted by Crippen LogP contribution is 2.22. The summed E-state index contributed by atoms with van der Waals surface area (Å²) in [4.78, 5) is 4.49. The third-order valence-electron chi connectivity index (χ3n) is 3.27. The molecule has 0 atom stereocenters. The fourth-order valence-corrected chi connectivity index (χ4v) is 2.30. The summed E-state index contributed by atoms with van der Waals surface area (Å²) in [7, 11) is 0. The highest BCUT2D eigenvalue weighted by Gasteiger charge is 2.21. The third kappa shape index (κ3) is 3.83. The van der Waals surface area contributed by atoms with Gasteiger partial charge >= 0.3 is 0 Å². The molecule has 110 valence electrons. The molecule has 4 nitrogen and oxygen atoms in total. The number of hydrogen-bond donors (Lipinski definition) is 1. The molecule has 0 aliphatic carbocycles. The molecule has 1 N–H and O–H groups in total. The van der Waals surface area contributed by atoms with E-state index in [2.05, 4.69) is 16.4 Å². The molecule has 4 heteroatoms. The number of aromatic hydroxyl groups is 1. The maximum atomic E-state index is 9.32. The van der Waals surface area contributed by atoms with Crippen LogP contribution in [-0.4, -0.2) is 41.8 Å². The Morgan fingerprint density at radius 1 is 1.10 bits per heavy atom. The van der Waals surface area contributed by atoms with E-state index in [0.717, 1.165) is 37.7 Å². The zero-order valence-electron chi connectivity index (χ0n) is 12.6. The number of phenolic OH excluding ortho intramolecular Hbond substituents is 1. The van der Waals surface area contributed by atoms with Gasteiger partial charge in [0.2, 0.25) is 0 Å². The predicted octanol–water partition coefficient (Wildman–Crippen LogP) is 2.80. The summed E-state index contributed by atoms with van der Waals surface area (Å²) in [5.74, 6) is 1.06. The molecule has 1 aromatic rings. The predicted molar refractivity (Wildman–Crippen MR) is 81.9 cm³/mol. The average Bonchev–Trinajstić information content (AvgIpc) is 2.38. The number of benzene rings is 1. The minimum Gasteiger partial charge on any atom is -0.508 e. The van der Waals surface area contributed by atoms with Crippen molar-refractivity contribution in [2.45, 2.75) is 26.4 Å². The van der Waals surface area contributed by atoms with Crippen molar-refractivity contribution in [3.63, 3.8) is 0 Å². The van der Waals surface area contributed by atoms with Gasteiger partial charge in [0.1, 0.15) is 11.4 Å². The molecule has 0 spiro atoms. The molecule has 0 bridgehead atoms. The maximum absolute atomic E-state index is 9.32. The molecular weight excluding hydrogens is 252 g/mol. The Bertz CT molecular complexity index is 454. The second-order valence-electron chi connectivity index (χ2n) is 6.10. The Balaban J connectivity index is 1.89. The van der Waals surface area contributed by atoms with Crippen LogP contribution in [0.5, 0.6) is 5.75 Å². The van der Waals surface area contributed by atoms with Crippen LogP contribution in [0.1, 0.15) is 20.8 Å². The van der Waals surface area contributed by atoms with Gasteiger partial charge in [0.05, 0.1) is 0 Å². The van der Waals surface area contributed by atoms with Crippen LogP contribution in [0, 0.1) is 0 Å². The first kappa shape index (κ1) is 14.6. The van der Waals surface area contributed by atoms with Crippen LogP contribution in [-0.2, 0) is 4.74 Å². The van der Waals surface area contributed by atoms with Crippen LogP contribution in [0.2, 0.25) is 0 Å². The van der Waals surface area contributed by atoms with E-state index in [9.17, 15) is 5.11 Å². The number of rotatable bonds is 3. The minimum absolute atomic E-state index is 0.203. The largest absolute Gasteiger partial charge is 0.508 e. The second kappa shape index (κ2) is 5.65. The number of nitrogens with zero attached hydrogens (tertiary/aromatic N) is 2. The van der Waals surface area contributed by atoms with E-state index in [0.29, 0.717) is 5.75 Å². The molecule has 0 radical (unpaired) electrons. The summed E-state index contributed by atoms with van der Waals surface area (Å²) in [6.45, 7) is 13.8. The standard InChI is InChI=1S/C16H24N2O2/c1-13(20-16(2,3)4)17-9-11-18(12-10-17)14-5-7-15(19)8-6-14/h5-8,19H,1,9-12H2,2-4H3. The van der Waals surface area contributed by atoms with Crippen molar-refractivity contribution in [3.05, 3.63) is 36.7 Å².